The number of imide groups is 1. The second-order valence-corrected chi connectivity index (χ2v) is 6.55. The van der Waals surface area contributed by atoms with Crippen molar-refractivity contribution in [1.82, 2.24) is 4.90 Å². The molecule has 0 bridgehead atoms. The molecule has 4 nitrogen and oxygen atoms in total. The van der Waals surface area contributed by atoms with Gasteiger partial charge in [-0.15, -0.1) is 11.8 Å². The SMILES string of the molecule is CSc1ccc(NC2CC(=O)N(C3CCCC3)C2=O)cc1. The third-order valence-corrected chi connectivity index (χ3v) is 5.05. The summed E-state index contributed by atoms with van der Waals surface area (Å²) in [6.45, 7) is 0. The van der Waals surface area contributed by atoms with Gasteiger partial charge < -0.3 is 5.32 Å². The van der Waals surface area contributed by atoms with E-state index in [9.17, 15) is 9.59 Å². The molecule has 1 saturated carbocycles. The number of benzene rings is 1. The van der Waals surface area contributed by atoms with Crippen LogP contribution in [0.1, 0.15) is 32.1 Å². The predicted molar refractivity (Wildman–Crippen MR) is 84.4 cm³/mol. The Morgan fingerprint density at radius 3 is 2.43 bits per heavy atom. The van der Waals surface area contributed by atoms with Crippen LogP contribution in [0.25, 0.3) is 0 Å². The smallest absolute Gasteiger partial charge is 0.252 e. The normalized spacial score (nSPS) is 23.1. The topological polar surface area (TPSA) is 49.4 Å². The largest absolute Gasteiger partial charge is 0.373 e. The Kier molecular flexibility index (Phi) is 4.19. The maximum atomic E-state index is 12.5. The lowest BCUT2D eigenvalue weighted by molar-refractivity contribution is -0.141. The molecule has 0 spiro atoms. The van der Waals surface area contributed by atoms with Crippen LogP contribution in [-0.2, 0) is 9.59 Å². The fraction of sp³-hybridized carbons (Fsp3) is 0.500. The number of nitrogens with one attached hydrogen (secondary N) is 1. The molecule has 1 atom stereocenters. The van der Waals surface area contributed by atoms with Crippen molar-refractivity contribution in [2.75, 3.05) is 11.6 Å². The third kappa shape index (κ3) is 2.93. The number of rotatable bonds is 4. The quantitative estimate of drug-likeness (QED) is 0.686. The first-order valence-corrected chi connectivity index (χ1v) is 8.68. The van der Waals surface area contributed by atoms with Crippen LogP contribution in [0.5, 0.6) is 0 Å². The lowest BCUT2D eigenvalue weighted by Gasteiger charge is -2.22. The van der Waals surface area contributed by atoms with Gasteiger partial charge in [-0.3, -0.25) is 14.5 Å². The molecule has 1 saturated heterocycles. The molecule has 2 amide bonds. The standard InChI is InChI=1S/C16H20N2O2S/c1-21-13-8-6-11(7-9-13)17-14-10-15(19)18(16(14)20)12-4-2-3-5-12/h6-9,12,14,17H,2-5,10H2,1H3. The highest BCUT2D eigenvalue weighted by atomic mass is 32.2. The molecule has 0 aromatic heterocycles. The maximum absolute atomic E-state index is 12.5. The van der Waals surface area contributed by atoms with Crippen molar-refractivity contribution in [3.8, 4) is 0 Å². The number of amides is 2. The molecule has 1 N–H and O–H groups in total. The second kappa shape index (κ2) is 6.10. The molecule has 3 rings (SSSR count). The summed E-state index contributed by atoms with van der Waals surface area (Å²) in [5.41, 5.74) is 0.896. The Hall–Kier alpha value is -1.49. The molecule has 0 radical (unpaired) electrons. The average molecular weight is 304 g/mol. The van der Waals surface area contributed by atoms with Gasteiger partial charge in [-0.25, -0.2) is 0 Å². The van der Waals surface area contributed by atoms with E-state index in [-0.39, 0.29) is 24.3 Å². The molecule has 1 aromatic rings. The summed E-state index contributed by atoms with van der Waals surface area (Å²) < 4.78 is 0. The second-order valence-electron chi connectivity index (χ2n) is 5.67. The monoisotopic (exact) mass is 304 g/mol. The van der Waals surface area contributed by atoms with Crippen molar-refractivity contribution in [1.29, 1.82) is 0 Å². The summed E-state index contributed by atoms with van der Waals surface area (Å²) in [5.74, 6) is -0.0778. The molecule has 1 unspecified atom stereocenters. The van der Waals surface area contributed by atoms with Gasteiger partial charge in [-0.2, -0.15) is 0 Å². The summed E-state index contributed by atoms with van der Waals surface area (Å²) in [5, 5.41) is 3.20. The zero-order valence-electron chi connectivity index (χ0n) is 12.2. The van der Waals surface area contributed by atoms with Crippen LogP contribution in [0.2, 0.25) is 0 Å². The fourth-order valence-electron chi connectivity index (χ4n) is 3.20. The van der Waals surface area contributed by atoms with Crippen LogP contribution in [0, 0.1) is 0 Å². The van der Waals surface area contributed by atoms with Gasteiger partial charge in [-0.05, 0) is 43.4 Å². The summed E-state index contributed by atoms with van der Waals surface area (Å²) >= 11 is 1.68. The molecule has 1 aliphatic carbocycles. The predicted octanol–water partition coefficient (Wildman–Crippen LogP) is 2.89. The molecule has 112 valence electrons. The number of anilines is 1. The molecule has 1 aliphatic heterocycles. The van der Waals surface area contributed by atoms with Crippen molar-refractivity contribution >= 4 is 29.3 Å². The van der Waals surface area contributed by atoms with Gasteiger partial charge in [0.15, 0.2) is 0 Å². The highest BCUT2D eigenvalue weighted by Crippen LogP contribution is 2.29. The maximum Gasteiger partial charge on any atom is 0.252 e. The van der Waals surface area contributed by atoms with Gasteiger partial charge >= 0.3 is 0 Å². The van der Waals surface area contributed by atoms with Gasteiger partial charge in [0.05, 0.1) is 6.42 Å². The molecular formula is C16H20N2O2S. The lowest BCUT2D eigenvalue weighted by atomic mass is 10.2. The van der Waals surface area contributed by atoms with E-state index in [0.29, 0.717) is 0 Å². The van der Waals surface area contributed by atoms with Gasteiger partial charge in [0.2, 0.25) is 5.91 Å². The minimum atomic E-state index is -0.404. The minimum Gasteiger partial charge on any atom is -0.373 e. The van der Waals surface area contributed by atoms with Crippen molar-refractivity contribution in [3.63, 3.8) is 0 Å². The fourth-order valence-corrected chi connectivity index (χ4v) is 3.61. The molecule has 1 aromatic carbocycles. The van der Waals surface area contributed by atoms with Crippen molar-refractivity contribution in [2.45, 2.75) is 49.1 Å². The number of carbonyl (C=O) groups is 2. The van der Waals surface area contributed by atoms with E-state index >= 15 is 0 Å². The molecular weight excluding hydrogens is 284 g/mol. The Labute approximate surface area is 129 Å². The molecule has 5 heteroatoms. The molecule has 21 heavy (non-hydrogen) atoms. The molecule has 2 aliphatic rings. The summed E-state index contributed by atoms with van der Waals surface area (Å²) in [7, 11) is 0. The Bertz CT molecular complexity index is 538. The van der Waals surface area contributed by atoms with Crippen molar-refractivity contribution in [3.05, 3.63) is 24.3 Å². The minimum absolute atomic E-state index is 0.0230. The van der Waals surface area contributed by atoms with Gasteiger partial charge in [-0.1, -0.05) is 12.8 Å². The summed E-state index contributed by atoms with van der Waals surface area (Å²) in [4.78, 5) is 27.3. The first kappa shape index (κ1) is 14.4. The van der Waals surface area contributed by atoms with E-state index < -0.39 is 6.04 Å². The van der Waals surface area contributed by atoms with E-state index in [1.807, 2.05) is 30.5 Å². The van der Waals surface area contributed by atoms with Crippen LogP contribution in [0.3, 0.4) is 0 Å². The van der Waals surface area contributed by atoms with Crippen molar-refractivity contribution < 1.29 is 9.59 Å². The van der Waals surface area contributed by atoms with E-state index in [2.05, 4.69) is 5.32 Å². The van der Waals surface area contributed by atoms with Gasteiger partial charge in [0.25, 0.3) is 5.91 Å². The first-order valence-electron chi connectivity index (χ1n) is 7.45. The molecule has 2 fully saturated rings. The number of nitrogens with zero attached hydrogens (tertiary/aromatic N) is 1. The van der Waals surface area contributed by atoms with Crippen LogP contribution >= 0.6 is 11.8 Å². The Balaban J connectivity index is 1.68. The van der Waals surface area contributed by atoms with Crippen LogP contribution in [0.15, 0.2) is 29.2 Å². The van der Waals surface area contributed by atoms with Gasteiger partial charge in [0.1, 0.15) is 6.04 Å². The van der Waals surface area contributed by atoms with Crippen LogP contribution < -0.4 is 5.32 Å². The summed E-state index contributed by atoms with van der Waals surface area (Å²) in [6, 6.07) is 7.68. The number of hydrogen-bond acceptors (Lipinski definition) is 4. The first-order chi connectivity index (χ1) is 10.2. The van der Waals surface area contributed by atoms with Crippen LogP contribution in [0.4, 0.5) is 5.69 Å². The zero-order valence-corrected chi connectivity index (χ0v) is 13.0. The zero-order chi connectivity index (χ0) is 14.8. The highest BCUT2D eigenvalue weighted by Gasteiger charge is 2.42. The van der Waals surface area contributed by atoms with E-state index in [1.165, 1.54) is 9.80 Å². The highest BCUT2D eigenvalue weighted by molar-refractivity contribution is 7.98. The van der Waals surface area contributed by atoms with Gasteiger partial charge in [0, 0.05) is 16.6 Å². The lowest BCUT2D eigenvalue weighted by Crippen LogP contribution is -2.40. The average Bonchev–Trinajstić information content (AvgIpc) is 3.09. The van der Waals surface area contributed by atoms with Crippen LogP contribution in [-0.4, -0.2) is 35.1 Å². The Morgan fingerprint density at radius 2 is 1.81 bits per heavy atom. The van der Waals surface area contributed by atoms with E-state index in [0.717, 1.165) is 31.4 Å². The number of likely N-dealkylation sites (tertiary alicyclic amines) is 1. The molecule has 1 heterocycles. The number of hydrogen-bond donors (Lipinski definition) is 1. The third-order valence-electron chi connectivity index (χ3n) is 4.30. The number of thioether (sulfide) groups is 1. The van der Waals surface area contributed by atoms with E-state index in [4.69, 9.17) is 0 Å². The Morgan fingerprint density at radius 1 is 1.14 bits per heavy atom. The van der Waals surface area contributed by atoms with E-state index in [1.54, 1.807) is 11.8 Å². The number of carbonyl (C=O) groups excluding carboxylic acids is 2. The summed E-state index contributed by atoms with van der Waals surface area (Å²) in [6.07, 6.45) is 6.48. The van der Waals surface area contributed by atoms with Crippen molar-refractivity contribution in [2.24, 2.45) is 0 Å².